The lowest BCUT2D eigenvalue weighted by atomic mass is 9.33. The zero-order valence-electron chi connectivity index (χ0n) is 22.3. The van der Waals surface area contributed by atoms with Crippen molar-refractivity contribution < 1.29 is 15.0 Å². The molecule has 186 valence electrons. The van der Waals surface area contributed by atoms with Crippen molar-refractivity contribution in [1.29, 1.82) is 0 Å². The number of rotatable bonds is 1. The van der Waals surface area contributed by atoms with Crippen LogP contribution in [0.3, 0.4) is 0 Å². The summed E-state index contributed by atoms with van der Waals surface area (Å²) in [7, 11) is 0. The number of fused-ring (bicyclic) bond motifs is 7. The van der Waals surface area contributed by atoms with Gasteiger partial charge in [-0.3, -0.25) is 4.79 Å². The number of carbonyl (C=O) groups is 1. The van der Waals surface area contributed by atoms with Gasteiger partial charge in [0.05, 0.1) is 6.10 Å². The molecule has 0 aliphatic heterocycles. The van der Waals surface area contributed by atoms with Crippen LogP contribution in [0.5, 0.6) is 0 Å². The second kappa shape index (κ2) is 6.96. The number of aliphatic hydroxyl groups excluding tert-OH is 2. The van der Waals surface area contributed by atoms with E-state index in [9.17, 15) is 15.0 Å². The van der Waals surface area contributed by atoms with Gasteiger partial charge in [0.1, 0.15) is 5.78 Å². The first kappa shape index (κ1) is 24.0. The summed E-state index contributed by atoms with van der Waals surface area (Å²) in [5.74, 6) is 1.34. The molecule has 33 heavy (non-hydrogen) atoms. The normalized spacial score (nSPS) is 52.6. The van der Waals surface area contributed by atoms with E-state index >= 15 is 0 Å². The fraction of sp³-hybridized carbons (Fsp3) is 0.900. The summed E-state index contributed by atoms with van der Waals surface area (Å²) in [6, 6.07) is 0. The molecule has 4 saturated carbocycles. The van der Waals surface area contributed by atoms with E-state index in [0.29, 0.717) is 36.1 Å². The number of allylic oxidation sites excluding steroid dienone is 2. The average molecular weight is 457 g/mol. The Morgan fingerprint density at radius 3 is 2.27 bits per heavy atom. The summed E-state index contributed by atoms with van der Waals surface area (Å²) in [6.07, 6.45) is 11.2. The molecular weight excluding hydrogens is 408 g/mol. The van der Waals surface area contributed by atoms with Crippen molar-refractivity contribution in [1.82, 2.24) is 0 Å². The lowest BCUT2D eigenvalue weighted by Crippen LogP contribution is -2.67. The van der Waals surface area contributed by atoms with Crippen LogP contribution >= 0.6 is 0 Å². The quantitative estimate of drug-likeness (QED) is 0.454. The van der Waals surface area contributed by atoms with Gasteiger partial charge in [0.15, 0.2) is 0 Å². The minimum Gasteiger partial charge on any atom is -0.396 e. The van der Waals surface area contributed by atoms with Crippen molar-refractivity contribution in [2.24, 2.45) is 50.2 Å². The van der Waals surface area contributed by atoms with Crippen LogP contribution in [-0.2, 0) is 4.79 Å². The van der Waals surface area contributed by atoms with Crippen LogP contribution in [-0.4, -0.2) is 28.7 Å². The van der Waals surface area contributed by atoms with E-state index < -0.39 is 6.10 Å². The van der Waals surface area contributed by atoms with E-state index in [1.807, 2.05) is 0 Å². The maximum atomic E-state index is 13.7. The van der Waals surface area contributed by atoms with Gasteiger partial charge in [0, 0.05) is 23.9 Å². The lowest BCUT2D eigenvalue weighted by molar-refractivity contribution is -0.203. The molecule has 0 radical (unpaired) electrons. The second-order valence-corrected chi connectivity index (χ2v) is 15.0. The molecular formula is C30H48O3. The average Bonchev–Trinajstić information content (AvgIpc) is 2.73. The van der Waals surface area contributed by atoms with Gasteiger partial charge in [-0.2, -0.15) is 0 Å². The molecule has 0 aromatic heterocycles. The van der Waals surface area contributed by atoms with Gasteiger partial charge < -0.3 is 10.2 Å². The molecule has 0 unspecified atom stereocenters. The highest BCUT2D eigenvalue weighted by atomic mass is 16.3. The first-order valence-corrected chi connectivity index (χ1v) is 13.7. The van der Waals surface area contributed by atoms with Gasteiger partial charge in [-0.1, -0.05) is 60.1 Å². The first-order chi connectivity index (χ1) is 15.2. The Labute approximate surface area is 201 Å². The fourth-order valence-corrected chi connectivity index (χ4v) is 10.3. The molecule has 0 bridgehead atoms. The number of carbonyl (C=O) groups excluding carboxylic acids is 1. The van der Waals surface area contributed by atoms with Crippen LogP contribution in [0, 0.1) is 50.2 Å². The van der Waals surface area contributed by atoms with Crippen molar-refractivity contribution in [2.45, 2.75) is 112 Å². The van der Waals surface area contributed by atoms with Crippen LogP contribution in [0.25, 0.3) is 0 Å². The Hall–Kier alpha value is -0.670. The van der Waals surface area contributed by atoms with Gasteiger partial charge in [-0.25, -0.2) is 0 Å². The Morgan fingerprint density at radius 1 is 0.939 bits per heavy atom. The Bertz CT molecular complexity index is 885. The van der Waals surface area contributed by atoms with E-state index in [1.165, 1.54) is 12.8 Å². The standard InChI is InChI=1S/C30H48O3/c1-25(2)12-14-30(18-31)15-13-27(5)19(20(30)17-25)8-9-22-28(27,6)11-10-21-26(3,4)23(32)16-24(33)29(21,22)7/h8,20-23,31-32H,9-18H2,1-7H3/t20-,21-,22-,23-,27+,28+,29-,30+/m0/s1. The monoisotopic (exact) mass is 456 g/mol. The smallest absolute Gasteiger partial charge is 0.141 e. The molecule has 0 heterocycles. The van der Waals surface area contributed by atoms with Gasteiger partial charge in [0.2, 0.25) is 0 Å². The van der Waals surface area contributed by atoms with E-state index in [2.05, 4.69) is 54.5 Å². The molecule has 2 N–H and O–H groups in total. The number of hydrogen-bond donors (Lipinski definition) is 2. The lowest BCUT2D eigenvalue weighted by Gasteiger charge is -2.70. The van der Waals surface area contributed by atoms with Gasteiger partial charge in [-0.05, 0) is 90.8 Å². The van der Waals surface area contributed by atoms with Crippen molar-refractivity contribution in [2.75, 3.05) is 6.61 Å². The minimum absolute atomic E-state index is 0.0535. The maximum absolute atomic E-state index is 13.7. The van der Waals surface area contributed by atoms with E-state index in [4.69, 9.17) is 0 Å². The summed E-state index contributed by atoms with van der Waals surface area (Å²) < 4.78 is 0. The molecule has 5 aliphatic carbocycles. The van der Waals surface area contributed by atoms with Gasteiger partial charge in [-0.15, -0.1) is 0 Å². The third kappa shape index (κ3) is 2.85. The Morgan fingerprint density at radius 2 is 1.61 bits per heavy atom. The molecule has 0 saturated heterocycles. The summed E-state index contributed by atoms with van der Waals surface area (Å²) in [5.41, 5.74) is 1.58. The van der Waals surface area contributed by atoms with Gasteiger partial charge in [0.25, 0.3) is 0 Å². The number of hydrogen-bond acceptors (Lipinski definition) is 3. The van der Waals surface area contributed by atoms with Crippen LogP contribution in [0.2, 0.25) is 0 Å². The van der Waals surface area contributed by atoms with E-state index in [-0.39, 0.29) is 33.0 Å². The summed E-state index contributed by atoms with van der Waals surface area (Å²) >= 11 is 0. The molecule has 5 rings (SSSR count). The Balaban J connectivity index is 1.61. The first-order valence-electron chi connectivity index (χ1n) is 13.7. The van der Waals surface area contributed by atoms with Crippen LogP contribution < -0.4 is 0 Å². The zero-order valence-corrected chi connectivity index (χ0v) is 22.3. The van der Waals surface area contributed by atoms with Crippen LogP contribution in [0.1, 0.15) is 106 Å². The Kier molecular flexibility index (Phi) is 5.07. The molecule has 0 aromatic carbocycles. The fourth-order valence-electron chi connectivity index (χ4n) is 10.3. The molecule has 8 atom stereocenters. The van der Waals surface area contributed by atoms with Crippen molar-refractivity contribution in [3.05, 3.63) is 11.6 Å². The maximum Gasteiger partial charge on any atom is 0.141 e. The molecule has 0 spiro atoms. The largest absolute Gasteiger partial charge is 0.396 e. The summed E-state index contributed by atoms with van der Waals surface area (Å²) in [4.78, 5) is 13.7. The van der Waals surface area contributed by atoms with Crippen molar-refractivity contribution in [3.63, 3.8) is 0 Å². The van der Waals surface area contributed by atoms with Crippen LogP contribution in [0.15, 0.2) is 11.6 Å². The molecule has 5 aliphatic rings. The minimum atomic E-state index is -0.526. The molecule has 4 fully saturated rings. The number of aliphatic hydroxyl groups is 2. The van der Waals surface area contributed by atoms with E-state index in [1.54, 1.807) is 5.57 Å². The highest BCUT2D eigenvalue weighted by Crippen LogP contribution is 2.75. The zero-order chi connectivity index (χ0) is 24.2. The number of Topliss-reactive ketones (excluding diaryl/α,β-unsaturated/α-hetero) is 1. The van der Waals surface area contributed by atoms with Crippen LogP contribution in [0.4, 0.5) is 0 Å². The van der Waals surface area contributed by atoms with Gasteiger partial charge >= 0.3 is 0 Å². The third-order valence-electron chi connectivity index (χ3n) is 13.0. The highest BCUT2D eigenvalue weighted by Gasteiger charge is 2.70. The number of ketones is 1. The third-order valence-corrected chi connectivity index (χ3v) is 13.0. The second-order valence-electron chi connectivity index (χ2n) is 15.0. The molecule has 3 heteroatoms. The summed E-state index contributed by atoms with van der Waals surface area (Å²) in [5, 5.41) is 21.5. The topological polar surface area (TPSA) is 57.5 Å². The van der Waals surface area contributed by atoms with Crippen molar-refractivity contribution >= 4 is 5.78 Å². The van der Waals surface area contributed by atoms with Crippen molar-refractivity contribution in [3.8, 4) is 0 Å². The SMILES string of the molecule is CC1(C)CC[C@]2(CO)CC[C@]3(C)C(=CC[C@@H]4[C@@]5(C)C(=O)C[C@H](O)C(C)(C)[C@@H]5CC[C@]43C)[C@@H]2C1. The molecule has 0 aromatic rings. The highest BCUT2D eigenvalue weighted by molar-refractivity contribution is 5.87. The predicted octanol–water partition coefficient (Wildman–Crippen LogP) is 6.32. The van der Waals surface area contributed by atoms with E-state index in [0.717, 1.165) is 38.5 Å². The summed E-state index contributed by atoms with van der Waals surface area (Å²) in [6.45, 7) is 16.8. The molecule has 3 nitrogen and oxygen atoms in total. The predicted molar refractivity (Wildman–Crippen MR) is 133 cm³/mol. The molecule has 0 amide bonds.